The zero-order valence-corrected chi connectivity index (χ0v) is 9.43. The Morgan fingerprint density at radius 1 is 1.00 bits per heavy atom. The van der Waals surface area contributed by atoms with Gasteiger partial charge in [0, 0.05) is 6.20 Å². The monoisotopic (exact) mass is 229 g/mol. The second kappa shape index (κ2) is 5.25. The summed E-state index contributed by atoms with van der Waals surface area (Å²) in [6.45, 7) is 0. The Balaban J connectivity index is 2.11. The van der Waals surface area contributed by atoms with E-state index in [9.17, 15) is 4.39 Å². The van der Waals surface area contributed by atoms with Crippen LogP contribution < -0.4 is 4.74 Å². The van der Waals surface area contributed by atoms with Crippen molar-refractivity contribution in [2.45, 2.75) is 0 Å². The lowest BCUT2D eigenvalue weighted by Gasteiger charge is -1.99. The lowest BCUT2D eigenvalue weighted by Crippen LogP contribution is -1.82. The summed E-state index contributed by atoms with van der Waals surface area (Å²) in [7, 11) is 1.63. The zero-order valence-electron chi connectivity index (χ0n) is 9.43. The van der Waals surface area contributed by atoms with Crippen molar-refractivity contribution in [1.82, 2.24) is 4.98 Å². The SMILES string of the molecule is COc1ccc(/C=C/c2ccc(F)nc2)cc1. The number of pyridine rings is 1. The average Bonchev–Trinajstić information content (AvgIpc) is 2.39. The van der Waals surface area contributed by atoms with Crippen molar-refractivity contribution in [2.24, 2.45) is 0 Å². The topological polar surface area (TPSA) is 22.1 Å². The van der Waals surface area contributed by atoms with E-state index in [0.717, 1.165) is 16.9 Å². The molecule has 1 aromatic carbocycles. The minimum absolute atomic E-state index is 0.466. The molecule has 0 radical (unpaired) electrons. The molecule has 0 aliphatic rings. The molecule has 0 aliphatic carbocycles. The van der Waals surface area contributed by atoms with E-state index < -0.39 is 5.95 Å². The summed E-state index contributed by atoms with van der Waals surface area (Å²) in [5, 5.41) is 0. The molecule has 0 spiro atoms. The smallest absolute Gasteiger partial charge is 0.212 e. The summed E-state index contributed by atoms with van der Waals surface area (Å²) in [6, 6.07) is 10.7. The first kappa shape index (κ1) is 11.3. The van der Waals surface area contributed by atoms with Gasteiger partial charge >= 0.3 is 0 Å². The lowest BCUT2D eigenvalue weighted by atomic mass is 10.1. The summed E-state index contributed by atoms with van der Waals surface area (Å²) >= 11 is 0. The predicted molar refractivity (Wildman–Crippen MR) is 66.1 cm³/mol. The number of hydrogen-bond acceptors (Lipinski definition) is 2. The fraction of sp³-hybridized carbons (Fsp3) is 0.0714. The van der Waals surface area contributed by atoms with Gasteiger partial charge in [-0.25, -0.2) is 4.98 Å². The molecule has 86 valence electrons. The molecule has 0 atom stereocenters. The first-order valence-electron chi connectivity index (χ1n) is 5.21. The molecule has 2 nitrogen and oxygen atoms in total. The summed E-state index contributed by atoms with van der Waals surface area (Å²) in [4.78, 5) is 3.58. The van der Waals surface area contributed by atoms with Gasteiger partial charge in [0.05, 0.1) is 7.11 Å². The van der Waals surface area contributed by atoms with Crippen molar-refractivity contribution < 1.29 is 9.13 Å². The van der Waals surface area contributed by atoms with Crippen molar-refractivity contribution >= 4 is 12.2 Å². The molecule has 0 unspecified atom stereocenters. The van der Waals surface area contributed by atoms with Gasteiger partial charge in [-0.05, 0) is 35.4 Å². The lowest BCUT2D eigenvalue weighted by molar-refractivity contribution is 0.415. The predicted octanol–water partition coefficient (Wildman–Crippen LogP) is 3.40. The van der Waals surface area contributed by atoms with Gasteiger partial charge in [0.1, 0.15) is 5.75 Å². The van der Waals surface area contributed by atoms with Gasteiger partial charge in [0.2, 0.25) is 5.95 Å². The quantitative estimate of drug-likeness (QED) is 0.752. The summed E-state index contributed by atoms with van der Waals surface area (Å²) in [5.74, 6) is 0.359. The van der Waals surface area contributed by atoms with Gasteiger partial charge < -0.3 is 4.74 Å². The van der Waals surface area contributed by atoms with Crippen molar-refractivity contribution in [2.75, 3.05) is 7.11 Å². The van der Waals surface area contributed by atoms with E-state index in [4.69, 9.17) is 4.74 Å². The summed E-state index contributed by atoms with van der Waals surface area (Å²) < 4.78 is 17.7. The molecule has 0 fully saturated rings. The highest BCUT2D eigenvalue weighted by molar-refractivity contribution is 5.69. The van der Waals surface area contributed by atoms with Crippen LogP contribution in [0.3, 0.4) is 0 Å². The molecule has 0 aliphatic heterocycles. The Kier molecular flexibility index (Phi) is 3.50. The summed E-state index contributed by atoms with van der Waals surface area (Å²) in [5.41, 5.74) is 1.91. The third-order valence-corrected chi connectivity index (χ3v) is 2.33. The van der Waals surface area contributed by atoms with Gasteiger partial charge in [-0.1, -0.05) is 24.3 Å². The van der Waals surface area contributed by atoms with Gasteiger partial charge in [-0.15, -0.1) is 0 Å². The molecule has 2 aromatic rings. The molecule has 0 N–H and O–H groups in total. The number of rotatable bonds is 3. The first-order chi connectivity index (χ1) is 8.28. The third-order valence-electron chi connectivity index (χ3n) is 2.33. The highest BCUT2D eigenvalue weighted by Crippen LogP contribution is 2.13. The molecule has 1 heterocycles. The molecular formula is C14H12FNO. The fourth-order valence-corrected chi connectivity index (χ4v) is 1.39. The van der Waals surface area contributed by atoms with Crippen LogP contribution >= 0.6 is 0 Å². The number of aromatic nitrogens is 1. The second-order valence-electron chi connectivity index (χ2n) is 3.52. The molecule has 0 bridgehead atoms. The molecule has 17 heavy (non-hydrogen) atoms. The molecule has 2 rings (SSSR count). The van der Waals surface area contributed by atoms with E-state index in [-0.39, 0.29) is 0 Å². The Bertz CT molecular complexity index is 503. The van der Waals surface area contributed by atoms with Crippen LogP contribution in [0.15, 0.2) is 42.6 Å². The van der Waals surface area contributed by atoms with Crippen LogP contribution in [0.25, 0.3) is 12.2 Å². The highest BCUT2D eigenvalue weighted by atomic mass is 19.1. The van der Waals surface area contributed by atoms with Crippen LogP contribution in [0.5, 0.6) is 5.75 Å². The van der Waals surface area contributed by atoms with Crippen molar-refractivity contribution in [3.8, 4) is 5.75 Å². The van der Waals surface area contributed by atoms with Crippen LogP contribution in [0.4, 0.5) is 4.39 Å². The van der Waals surface area contributed by atoms with Crippen molar-refractivity contribution in [1.29, 1.82) is 0 Å². The molecule has 3 heteroatoms. The minimum atomic E-state index is -0.466. The second-order valence-corrected chi connectivity index (χ2v) is 3.52. The Labute approximate surface area is 99.4 Å². The molecular weight excluding hydrogens is 217 g/mol. The van der Waals surface area contributed by atoms with Crippen LogP contribution in [0, 0.1) is 5.95 Å². The van der Waals surface area contributed by atoms with Crippen LogP contribution in [-0.2, 0) is 0 Å². The normalized spacial score (nSPS) is 10.7. The molecule has 0 saturated heterocycles. The van der Waals surface area contributed by atoms with Crippen LogP contribution in [0.2, 0.25) is 0 Å². The average molecular weight is 229 g/mol. The van der Waals surface area contributed by atoms with Crippen LogP contribution in [0.1, 0.15) is 11.1 Å². The van der Waals surface area contributed by atoms with Crippen molar-refractivity contribution in [3.05, 3.63) is 59.7 Å². The summed E-state index contributed by atoms with van der Waals surface area (Å²) in [6.07, 6.45) is 5.32. The highest BCUT2D eigenvalue weighted by Gasteiger charge is 1.92. The van der Waals surface area contributed by atoms with Gasteiger partial charge in [-0.3, -0.25) is 0 Å². The van der Waals surface area contributed by atoms with Crippen molar-refractivity contribution in [3.63, 3.8) is 0 Å². The largest absolute Gasteiger partial charge is 0.497 e. The van der Waals surface area contributed by atoms with E-state index in [1.54, 1.807) is 13.2 Å². The van der Waals surface area contributed by atoms with Gasteiger partial charge in [-0.2, -0.15) is 4.39 Å². The first-order valence-corrected chi connectivity index (χ1v) is 5.21. The zero-order chi connectivity index (χ0) is 12.1. The van der Waals surface area contributed by atoms with Gasteiger partial charge in [0.25, 0.3) is 0 Å². The van der Waals surface area contributed by atoms with E-state index in [1.165, 1.54) is 12.3 Å². The fourth-order valence-electron chi connectivity index (χ4n) is 1.39. The van der Waals surface area contributed by atoms with E-state index in [0.29, 0.717) is 0 Å². The van der Waals surface area contributed by atoms with E-state index in [1.807, 2.05) is 36.4 Å². The van der Waals surface area contributed by atoms with Gasteiger partial charge in [0.15, 0.2) is 0 Å². The third kappa shape index (κ3) is 3.14. The Hall–Kier alpha value is -2.16. The number of halogens is 1. The minimum Gasteiger partial charge on any atom is -0.497 e. The van der Waals surface area contributed by atoms with E-state index >= 15 is 0 Å². The Morgan fingerprint density at radius 3 is 2.24 bits per heavy atom. The number of methoxy groups -OCH3 is 1. The maximum Gasteiger partial charge on any atom is 0.212 e. The van der Waals surface area contributed by atoms with Crippen LogP contribution in [-0.4, -0.2) is 12.1 Å². The number of hydrogen-bond donors (Lipinski definition) is 0. The maximum atomic E-state index is 12.6. The maximum absolute atomic E-state index is 12.6. The number of nitrogens with zero attached hydrogens (tertiary/aromatic N) is 1. The molecule has 0 amide bonds. The number of benzene rings is 1. The molecule has 1 aromatic heterocycles. The molecule has 0 saturated carbocycles. The standard InChI is InChI=1S/C14H12FNO/c1-17-13-7-4-11(5-8-13)2-3-12-6-9-14(15)16-10-12/h2-10H,1H3/b3-2+. The van der Waals surface area contributed by atoms with E-state index in [2.05, 4.69) is 4.98 Å². The number of ether oxygens (including phenoxy) is 1. The Morgan fingerprint density at radius 2 is 1.65 bits per heavy atom.